The molecular weight excluding hydrogens is 298 g/mol. The normalized spacial score (nSPS) is 15.8. The number of piperidine rings is 1. The van der Waals surface area contributed by atoms with Crippen LogP contribution >= 0.6 is 0 Å². The van der Waals surface area contributed by atoms with E-state index in [2.05, 4.69) is 39.5 Å². The predicted molar refractivity (Wildman–Crippen MR) is 99.5 cm³/mol. The van der Waals surface area contributed by atoms with E-state index in [1.807, 2.05) is 36.5 Å². The standard InChI is InChI=1S/C20H25N3O/c1-24-20-10-3-2-9-19(20)23-15-11-18(12-16-23)22-14-6-8-17-7-4-5-13-21-17/h2-10,13,18,22H,11-12,14-16H2,1H3. The maximum absolute atomic E-state index is 5.47. The maximum atomic E-state index is 5.47. The van der Waals surface area contributed by atoms with E-state index in [1.54, 1.807) is 7.11 Å². The molecule has 1 aromatic carbocycles. The van der Waals surface area contributed by atoms with Crippen LogP contribution in [-0.4, -0.2) is 37.8 Å². The van der Waals surface area contributed by atoms with Gasteiger partial charge in [-0.15, -0.1) is 0 Å². The third-order valence-corrected chi connectivity index (χ3v) is 4.42. The van der Waals surface area contributed by atoms with Crippen LogP contribution in [0.1, 0.15) is 18.5 Å². The molecule has 1 saturated heterocycles. The average Bonchev–Trinajstić information content (AvgIpc) is 2.66. The van der Waals surface area contributed by atoms with Gasteiger partial charge < -0.3 is 15.0 Å². The summed E-state index contributed by atoms with van der Waals surface area (Å²) in [5.41, 5.74) is 2.21. The molecule has 24 heavy (non-hydrogen) atoms. The van der Waals surface area contributed by atoms with Crippen molar-refractivity contribution in [1.82, 2.24) is 10.3 Å². The van der Waals surface area contributed by atoms with Crippen molar-refractivity contribution in [3.8, 4) is 5.75 Å². The fraction of sp³-hybridized carbons (Fsp3) is 0.350. The van der Waals surface area contributed by atoms with Crippen LogP contribution < -0.4 is 15.0 Å². The van der Waals surface area contributed by atoms with Gasteiger partial charge in [0.05, 0.1) is 18.5 Å². The Morgan fingerprint density at radius 1 is 1.17 bits per heavy atom. The van der Waals surface area contributed by atoms with Crippen LogP contribution in [0.5, 0.6) is 5.75 Å². The molecule has 1 aromatic heterocycles. The van der Waals surface area contributed by atoms with Gasteiger partial charge in [0, 0.05) is 31.9 Å². The first-order chi connectivity index (χ1) is 11.9. The van der Waals surface area contributed by atoms with E-state index in [0.717, 1.165) is 43.9 Å². The number of pyridine rings is 1. The summed E-state index contributed by atoms with van der Waals surface area (Å²) < 4.78 is 5.47. The number of nitrogens with zero attached hydrogens (tertiary/aromatic N) is 2. The van der Waals surface area contributed by atoms with Gasteiger partial charge in [-0.1, -0.05) is 24.3 Å². The van der Waals surface area contributed by atoms with Crippen molar-refractivity contribution < 1.29 is 4.74 Å². The Hall–Kier alpha value is -2.33. The number of hydrogen-bond acceptors (Lipinski definition) is 4. The van der Waals surface area contributed by atoms with Crippen molar-refractivity contribution in [2.45, 2.75) is 18.9 Å². The van der Waals surface area contributed by atoms with E-state index >= 15 is 0 Å². The zero-order valence-electron chi connectivity index (χ0n) is 14.2. The van der Waals surface area contributed by atoms with E-state index in [4.69, 9.17) is 4.74 Å². The average molecular weight is 323 g/mol. The van der Waals surface area contributed by atoms with Crippen LogP contribution in [0.15, 0.2) is 54.7 Å². The monoisotopic (exact) mass is 323 g/mol. The van der Waals surface area contributed by atoms with Crippen molar-refractivity contribution in [3.63, 3.8) is 0 Å². The Kier molecular flexibility index (Phi) is 5.85. The highest BCUT2D eigenvalue weighted by Crippen LogP contribution is 2.29. The van der Waals surface area contributed by atoms with Crippen LogP contribution in [0, 0.1) is 0 Å². The topological polar surface area (TPSA) is 37.4 Å². The van der Waals surface area contributed by atoms with Crippen LogP contribution in [0.2, 0.25) is 0 Å². The summed E-state index contributed by atoms with van der Waals surface area (Å²) in [6, 6.07) is 14.8. The van der Waals surface area contributed by atoms with E-state index in [-0.39, 0.29) is 0 Å². The second-order valence-corrected chi connectivity index (χ2v) is 6.00. The minimum Gasteiger partial charge on any atom is -0.495 e. The Bertz CT molecular complexity index is 649. The molecule has 1 aliphatic rings. The van der Waals surface area contributed by atoms with Crippen LogP contribution in [0.3, 0.4) is 0 Å². The van der Waals surface area contributed by atoms with Gasteiger partial charge in [0.15, 0.2) is 0 Å². The molecule has 2 heterocycles. The van der Waals surface area contributed by atoms with Crippen molar-refractivity contribution in [1.29, 1.82) is 0 Å². The highest BCUT2D eigenvalue weighted by molar-refractivity contribution is 5.58. The number of methoxy groups -OCH3 is 1. The van der Waals surface area contributed by atoms with Gasteiger partial charge in [-0.05, 0) is 43.2 Å². The highest BCUT2D eigenvalue weighted by Gasteiger charge is 2.20. The number of hydrogen-bond donors (Lipinski definition) is 1. The maximum Gasteiger partial charge on any atom is 0.142 e. The molecule has 2 aromatic rings. The number of ether oxygens (including phenoxy) is 1. The fourth-order valence-corrected chi connectivity index (χ4v) is 3.10. The lowest BCUT2D eigenvalue weighted by Crippen LogP contribution is -2.42. The number of para-hydroxylation sites is 2. The summed E-state index contributed by atoms with van der Waals surface area (Å²) in [6.45, 7) is 3.00. The minimum absolute atomic E-state index is 0.573. The first-order valence-electron chi connectivity index (χ1n) is 8.56. The largest absolute Gasteiger partial charge is 0.495 e. The van der Waals surface area contributed by atoms with Crippen molar-refractivity contribution in [2.75, 3.05) is 31.6 Å². The molecule has 0 radical (unpaired) electrons. The first kappa shape index (κ1) is 16.5. The van der Waals surface area contributed by atoms with Gasteiger partial charge in [-0.2, -0.15) is 0 Å². The molecule has 1 aliphatic heterocycles. The second-order valence-electron chi connectivity index (χ2n) is 6.00. The number of rotatable bonds is 6. The first-order valence-corrected chi connectivity index (χ1v) is 8.56. The number of benzene rings is 1. The van der Waals surface area contributed by atoms with Crippen LogP contribution in [0.25, 0.3) is 6.08 Å². The van der Waals surface area contributed by atoms with E-state index < -0.39 is 0 Å². The molecule has 1 N–H and O–H groups in total. The predicted octanol–water partition coefficient (Wildman–Crippen LogP) is 3.36. The third-order valence-electron chi connectivity index (χ3n) is 4.42. The third kappa shape index (κ3) is 4.36. The van der Waals surface area contributed by atoms with Gasteiger partial charge in [0.25, 0.3) is 0 Å². The lowest BCUT2D eigenvalue weighted by atomic mass is 10.0. The molecular formula is C20H25N3O. The lowest BCUT2D eigenvalue weighted by molar-refractivity contribution is 0.403. The molecule has 0 unspecified atom stereocenters. The molecule has 4 heteroatoms. The molecule has 1 fully saturated rings. The van der Waals surface area contributed by atoms with E-state index in [1.165, 1.54) is 5.69 Å². The van der Waals surface area contributed by atoms with Crippen LogP contribution in [-0.2, 0) is 0 Å². The molecule has 126 valence electrons. The summed E-state index contributed by atoms with van der Waals surface area (Å²) in [5.74, 6) is 0.960. The van der Waals surface area contributed by atoms with Gasteiger partial charge in [0.1, 0.15) is 5.75 Å². The van der Waals surface area contributed by atoms with Gasteiger partial charge >= 0.3 is 0 Å². The second kappa shape index (κ2) is 8.50. The molecule has 0 amide bonds. The smallest absolute Gasteiger partial charge is 0.142 e. The number of aromatic nitrogens is 1. The lowest BCUT2D eigenvalue weighted by Gasteiger charge is -2.34. The van der Waals surface area contributed by atoms with Gasteiger partial charge in [-0.3, -0.25) is 4.98 Å². The Labute approximate surface area is 144 Å². The van der Waals surface area contributed by atoms with Crippen LogP contribution in [0.4, 0.5) is 5.69 Å². The Morgan fingerprint density at radius 2 is 1.96 bits per heavy atom. The molecule has 0 bridgehead atoms. The van der Waals surface area contributed by atoms with Crippen molar-refractivity contribution >= 4 is 11.8 Å². The molecule has 0 saturated carbocycles. The molecule has 4 nitrogen and oxygen atoms in total. The van der Waals surface area contributed by atoms with Crippen molar-refractivity contribution in [2.24, 2.45) is 0 Å². The van der Waals surface area contributed by atoms with Crippen molar-refractivity contribution in [3.05, 3.63) is 60.4 Å². The highest BCUT2D eigenvalue weighted by atomic mass is 16.5. The quantitative estimate of drug-likeness (QED) is 0.884. The zero-order chi connectivity index (χ0) is 16.6. The van der Waals surface area contributed by atoms with Gasteiger partial charge in [0.2, 0.25) is 0 Å². The fourth-order valence-electron chi connectivity index (χ4n) is 3.10. The Balaban J connectivity index is 1.45. The molecule has 0 aliphatic carbocycles. The molecule has 0 atom stereocenters. The summed E-state index contributed by atoms with van der Waals surface area (Å²) in [6.07, 6.45) is 8.33. The van der Waals surface area contributed by atoms with E-state index in [0.29, 0.717) is 6.04 Å². The summed E-state index contributed by atoms with van der Waals surface area (Å²) >= 11 is 0. The minimum atomic E-state index is 0.573. The number of nitrogens with one attached hydrogen (secondary N) is 1. The van der Waals surface area contributed by atoms with Gasteiger partial charge in [-0.25, -0.2) is 0 Å². The summed E-state index contributed by atoms with van der Waals surface area (Å²) in [5, 5.41) is 3.62. The molecule has 3 rings (SSSR count). The Morgan fingerprint density at radius 3 is 2.71 bits per heavy atom. The van der Waals surface area contributed by atoms with E-state index in [9.17, 15) is 0 Å². The molecule has 0 spiro atoms. The summed E-state index contributed by atoms with van der Waals surface area (Å²) in [4.78, 5) is 6.71. The zero-order valence-corrected chi connectivity index (χ0v) is 14.2. The number of anilines is 1. The SMILES string of the molecule is COc1ccccc1N1CCC(NCC=Cc2ccccn2)CC1. The summed E-state index contributed by atoms with van der Waals surface area (Å²) in [7, 11) is 1.74.